The average molecular weight is 413 g/mol. The van der Waals surface area contributed by atoms with E-state index in [1.807, 2.05) is 43.1 Å². The van der Waals surface area contributed by atoms with Crippen molar-refractivity contribution in [1.29, 1.82) is 0 Å². The van der Waals surface area contributed by atoms with E-state index in [1.165, 1.54) is 0 Å². The average Bonchev–Trinajstić information content (AvgIpc) is 3.05. The van der Waals surface area contributed by atoms with Gasteiger partial charge >= 0.3 is 5.97 Å². The molecule has 1 saturated heterocycles. The molecule has 2 heterocycles. The van der Waals surface area contributed by atoms with E-state index in [0.29, 0.717) is 47.1 Å². The summed E-state index contributed by atoms with van der Waals surface area (Å²) in [5.74, 6) is -0.467. The lowest BCUT2D eigenvalue weighted by atomic mass is 10.0. The first-order chi connectivity index (χ1) is 13.8. The van der Waals surface area contributed by atoms with E-state index in [2.05, 4.69) is 9.97 Å². The Bertz CT molecular complexity index is 1120. The van der Waals surface area contributed by atoms with Gasteiger partial charge in [0.15, 0.2) is 0 Å². The molecule has 0 aliphatic carbocycles. The molecule has 0 unspecified atom stereocenters. The number of imidazole rings is 1. The van der Waals surface area contributed by atoms with Crippen LogP contribution < -0.4 is 0 Å². The maximum atomic E-state index is 12.2. The molecule has 0 saturated carbocycles. The second kappa shape index (κ2) is 7.50. The van der Waals surface area contributed by atoms with Gasteiger partial charge < -0.3 is 15.0 Å². The molecule has 2 aromatic carbocycles. The van der Waals surface area contributed by atoms with E-state index in [9.17, 15) is 14.7 Å². The molecule has 0 spiro atoms. The summed E-state index contributed by atoms with van der Waals surface area (Å²) < 4.78 is 0. The first-order valence-corrected chi connectivity index (χ1v) is 9.68. The number of likely N-dealkylation sites (N-methyl/N-ethyl adjacent to an activating group) is 1. The number of hydrogen-bond acceptors (Lipinski definition) is 4. The van der Waals surface area contributed by atoms with Crippen LogP contribution in [0.4, 0.5) is 0 Å². The van der Waals surface area contributed by atoms with Crippen molar-refractivity contribution >= 4 is 34.5 Å². The Morgan fingerprint density at radius 2 is 2.07 bits per heavy atom. The summed E-state index contributed by atoms with van der Waals surface area (Å²) in [6.45, 7) is 4.05. The fraction of sp³-hybridized carbons (Fsp3) is 0.286. The fourth-order valence-corrected chi connectivity index (χ4v) is 3.93. The summed E-state index contributed by atoms with van der Waals surface area (Å²) in [6, 6.07) is 9.10. The second-order valence-electron chi connectivity index (χ2n) is 7.45. The Morgan fingerprint density at radius 1 is 1.28 bits per heavy atom. The number of fused-ring (bicyclic) bond motifs is 1. The number of aromatic carboxylic acids is 1. The summed E-state index contributed by atoms with van der Waals surface area (Å²) in [7, 11) is 1.91. The number of nitrogens with zero attached hydrogens (tertiary/aromatic N) is 3. The number of carbonyl (C=O) groups excluding carboxylic acids is 1. The van der Waals surface area contributed by atoms with Crippen molar-refractivity contribution in [1.82, 2.24) is 19.8 Å². The number of halogens is 1. The van der Waals surface area contributed by atoms with Crippen LogP contribution in [0.1, 0.15) is 21.7 Å². The standard InChI is InChI=1S/C21H21ClN4O3/c1-12-3-4-14(16(22)7-12)13-8-15(21(28)29)20-17(9-13)23-18(24-20)10-26-6-5-25(2)11-19(26)27/h3-4,7-9H,5-6,10-11H2,1-2H3,(H,23,24)(H,28,29). The third-order valence-corrected chi connectivity index (χ3v) is 5.46. The molecule has 2 N–H and O–H groups in total. The minimum Gasteiger partial charge on any atom is -0.478 e. The molecule has 8 heteroatoms. The molecule has 150 valence electrons. The Hall–Kier alpha value is -2.90. The van der Waals surface area contributed by atoms with E-state index in [4.69, 9.17) is 11.6 Å². The maximum Gasteiger partial charge on any atom is 0.337 e. The predicted octanol–water partition coefficient (Wildman–Crippen LogP) is 3.16. The molecule has 29 heavy (non-hydrogen) atoms. The third kappa shape index (κ3) is 3.83. The van der Waals surface area contributed by atoms with Gasteiger partial charge in [-0.1, -0.05) is 23.7 Å². The van der Waals surface area contributed by atoms with Gasteiger partial charge in [0.25, 0.3) is 0 Å². The largest absolute Gasteiger partial charge is 0.478 e. The van der Waals surface area contributed by atoms with E-state index in [0.717, 1.165) is 17.7 Å². The highest BCUT2D eigenvalue weighted by Gasteiger charge is 2.23. The molecule has 1 fully saturated rings. The van der Waals surface area contributed by atoms with Gasteiger partial charge in [-0.25, -0.2) is 9.78 Å². The fourth-order valence-electron chi connectivity index (χ4n) is 3.59. The number of carboxylic acid groups (broad SMARTS) is 1. The highest BCUT2D eigenvalue weighted by atomic mass is 35.5. The summed E-state index contributed by atoms with van der Waals surface area (Å²) >= 11 is 6.39. The van der Waals surface area contributed by atoms with Crippen LogP contribution in [0.5, 0.6) is 0 Å². The van der Waals surface area contributed by atoms with E-state index < -0.39 is 5.97 Å². The molecule has 1 amide bonds. The van der Waals surface area contributed by atoms with Crippen LogP contribution in [-0.4, -0.2) is 63.4 Å². The Balaban J connectivity index is 1.74. The van der Waals surface area contributed by atoms with Crippen molar-refractivity contribution < 1.29 is 14.7 Å². The molecule has 1 aliphatic heterocycles. The topological polar surface area (TPSA) is 89.5 Å². The van der Waals surface area contributed by atoms with Crippen molar-refractivity contribution in [3.63, 3.8) is 0 Å². The zero-order valence-electron chi connectivity index (χ0n) is 16.2. The van der Waals surface area contributed by atoms with Crippen molar-refractivity contribution in [2.24, 2.45) is 0 Å². The van der Waals surface area contributed by atoms with Gasteiger partial charge in [0.05, 0.1) is 24.2 Å². The lowest BCUT2D eigenvalue weighted by Gasteiger charge is -2.31. The minimum absolute atomic E-state index is 0.0322. The van der Waals surface area contributed by atoms with Crippen molar-refractivity contribution in [2.75, 3.05) is 26.7 Å². The lowest BCUT2D eigenvalue weighted by Crippen LogP contribution is -2.48. The van der Waals surface area contributed by atoms with Gasteiger partial charge in [0.2, 0.25) is 5.91 Å². The Labute approximate surface area is 172 Å². The number of amides is 1. The van der Waals surface area contributed by atoms with Gasteiger partial charge in [-0.15, -0.1) is 0 Å². The van der Waals surface area contributed by atoms with E-state index >= 15 is 0 Å². The van der Waals surface area contributed by atoms with Crippen molar-refractivity contribution in [2.45, 2.75) is 13.5 Å². The smallest absolute Gasteiger partial charge is 0.337 e. The molecule has 4 rings (SSSR count). The Morgan fingerprint density at radius 3 is 2.76 bits per heavy atom. The summed E-state index contributed by atoms with van der Waals surface area (Å²) in [5.41, 5.74) is 3.56. The first-order valence-electron chi connectivity index (χ1n) is 9.30. The summed E-state index contributed by atoms with van der Waals surface area (Å²) in [6.07, 6.45) is 0. The SMILES string of the molecule is Cc1ccc(-c2cc(C(=O)O)c3nc(CN4CCN(C)CC4=O)[nH]c3c2)c(Cl)c1. The predicted molar refractivity (Wildman–Crippen MR) is 111 cm³/mol. The normalized spacial score (nSPS) is 15.3. The molecule has 0 radical (unpaired) electrons. The highest BCUT2D eigenvalue weighted by Crippen LogP contribution is 2.32. The lowest BCUT2D eigenvalue weighted by molar-refractivity contribution is -0.136. The molecular weight excluding hydrogens is 392 g/mol. The monoisotopic (exact) mass is 412 g/mol. The van der Waals surface area contributed by atoms with Gasteiger partial charge in [0.1, 0.15) is 11.3 Å². The van der Waals surface area contributed by atoms with E-state index in [-0.39, 0.29) is 11.5 Å². The van der Waals surface area contributed by atoms with Crippen LogP contribution in [0.3, 0.4) is 0 Å². The number of piperazine rings is 1. The van der Waals surface area contributed by atoms with Crippen molar-refractivity contribution in [3.8, 4) is 11.1 Å². The zero-order valence-corrected chi connectivity index (χ0v) is 17.0. The number of benzene rings is 2. The van der Waals surface area contributed by atoms with E-state index in [1.54, 1.807) is 11.0 Å². The van der Waals surface area contributed by atoms with Crippen LogP contribution in [0, 0.1) is 6.92 Å². The number of nitrogens with one attached hydrogen (secondary N) is 1. The quantitative estimate of drug-likeness (QED) is 0.687. The van der Waals surface area contributed by atoms with Crippen LogP contribution in [0.2, 0.25) is 5.02 Å². The highest BCUT2D eigenvalue weighted by molar-refractivity contribution is 6.33. The second-order valence-corrected chi connectivity index (χ2v) is 7.85. The van der Waals surface area contributed by atoms with Gasteiger partial charge in [-0.05, 0) is 43.3 Å². The van der Waals surface area contributed by atoms with Crippen LogP contribution >= 0.6 is 11.6 Å². The number of aryl methyl sites for hydroxylation is 1. The molecular formula is C21H21ClN4O3. The number of rotatable bonds is 4. The van der Waals surface area contributed by atoms with Crippen LogP contribution in [-0.2, 0) is 11.3 Å². The van der Waals surface area contributed by atoms with Gasteiger partial charge in [-0.3, -0.25) is 9.69 Å². The van der Waals surface area contributed by atoms with Crippen molar-refractivity contribution in [3.05, 3.63) is 52.3 Å². The number of aromatic amines is 1. The van der Waals surface area contributed by atoms with Crippen LogP contribution in [0.15, 0.2) is 30.3 Å². The maximum absolute atomic E-state index is 12.2. The van der Waals surface area contributed by atoms with Crippen LogP contribution in [0.25, 0.3) is 22.2 Å². The van der Waals surface area contributed by atoms with Gasteiger partial charge in [0, 0.05) is 23.7 Å². The number of aromatic nitrogens is 2. The molecule has 7 nitrogen and oxygen atoms in total. The molecule has 1 aromatic heterocycles. The molecule has 0 atom stereocenters. The summed E-state index contributed by atoms with van der Waals surface area (Å²) in [5, 5.41) is 10.3. The number of carboxylic acids is 1. The number of hydrogen-bond donors (Lipinski definition) is 2. The zero-order chi connectivity index (χ0) is 20.7. The first kappa shape index (κ1) is 19.4. The minimum atomic E-state index is -1.06. The Kier molecular flexibility index (Phi) is 5.02. The molecule has 0 bridgehead atoms. The third-order valence-electron chi connectivity index (χ3n) is 5.15. The number of carbonyl (C=O) groups is 2. The van der Waals surface area contributed by atoms with Gasteiger partial charge in [-0.2, -0.15) is 0 Å². The molecule has 3 aromatic rings. The number of H-pyrrole nitrogens is 1. The molecule has 1 aliphatic rings. The summed E-state index contributed by atoms with van der Waals surface area (Å²) in [4.78, 5) is 35.5.